The molecule has 0 aromatic heterocycles. The molecular formula is C17H24O3S. The summed E-state index contributed by atoms with van der Waals surface area (Å²) in [4.78, 5) is 0.232. The van der Waals surface area contributed by atoms with Crippen LogP contribution in [-0.4, -0.2) is 13.0 Å². The fourth-order valence-corrected chi connectivity index (χ4v) is 4.45. The molecule has 1 N–H and O–H groups in total. The van der Waals surface area contributed by atoms with Gasteiger partial charge in [-0.15, -0.1) is 0 Å². The van der Waals surface area contributed by atoms with Crippen LogP contribution in [0.3, 0.4) is 0 Å². The van der Waals surface area contributed by atoms with Gasteiger partial charge in [-0.25, -0.2) is 0 Å². The lowest BCUT2D eigenvalue weighted by Crippen LogP contribution is -2.24. The molecule has 0 spiro atoms. The zero-order valence-corrected chi connectivity index (χ0v) is 13.8. The predicted molar refractivity (Wildman–Crippen MR) is 86.4 cm³/mol. The maximum Gasteiger partial charge on any atom is 0.291 e. The Hall–Kier alpha value is -1.13. The summed E-state index contributed by atoms with van der Waals surface area (Å²) in [6.07, 6.45) is 11.7. The molecule has 0 aromatic carbocycles. The van der Waals surface area contributed by atoms with E-state index >= 15 is 0 Å². The van der Waals surface area contributed by atoms with E-state index in [9.17, 15) is 13.0 Å². The van der Waals surface area contributed by atoms with Gasteiger partial charge in [0.1, 0.15) is 0 Å². The number of allylic oxidation sites excluding steroid dienone is 8. The molecule has 0 amide bonds. The zero-order chi connectivity index (χ0) is 15.6. The van der Waals surface area contributed by atoms with Crippen molar-refractivity contribution in [2.75, 3.05) is 0 Å². The Morgan fingerprint density at radius 2 is 2.05 bits per heavy atom. The first-order chi connectivity index (χ1) is 9.84. The predicted octanol–water partition coefficient (Wildman–Crippen LogP) is 4.42. The van der Waals surface area contributed by atoms with Crippen molar-refractivity contribution in [3.8, 4) is 0 Å². The number of hydrogen-bond donors (Lipinski definition) is 1. The summed E-state index contributed by atoms with van der Waals surface area (Å²) in [5.74, 6) is 0.0358. The van der Waals surface area contributed by atoms with Gasteiger partial charge >= 0.3 is 0 Å². The maximum atomic E-state index is 11.8. The summed E-state index contributed by atoms with van der Waals surface area (Å²) in [5, 5.41) is 0. The average Bonchev–Trinajstić information content (AvgIpc) is 2.45. The van der Waals surface area contributed by atoms with Gasteiger partial charge in [-0.3, -0.25) is 4.55 Å². The number of rotatable bonds is 4. The van der Waals surface area contributed by atoms with Crippen molar-refractivity contribution in [3.05, 3.63) is 45.9 Å². The Balaban J connectivity index is 2.53. The Bertz CT molecular complexity index is 631. The van der Waals surface area contributed by atoms with E-state index in [1.54, 1.807) is 0 Å². The molecule has 0 fully saturated rings. The molecule has 0 radical (unpaired) electrons. The standard InChI is InChI=1S/C17H24O3S/c1-4-13-10-15(14-8-6-5-7-9-14)11-16(12(2)3)17(13)21(18,19)20/h5-6,8,10,12,16H,4,7,9,11H2,1-3H3,(H,18,19,20). The molecule has 1 unspecified atom stereocenters. The van der Waals surface area contributed by atoms with Gasteiger partial charge in [-0.2, -0.15) is 8.42 Å². The molecule has 2 rings (SSSR count). The van der Waals surface area contributed by atoms with E-state index in [4.69, 9.17) is 0 Å². The Labute approximate surface area is 127 Å². The first kappa shape index (κ1) is 16.2. The molecule has 21 heavy (non-hydrogen) atoms. The normalized spacial score (nSPS) is 23.4. The van der Waals surface area contributed by atoms with E-state index in [2.05, 4.69) is 18.2 Å². The highest BCUT2D eigenvalue weighted by Gasteiger charge is 2.33. The Kier molecular flexibility index (Phi) is 4.89. The molecule has 1 atom stereocenters. The Morgan fingerprint density at radius 1 is 1.33 bits per heavy atom. The average molecular weight is 308 g/mol. The largest absolute Gasteiger partial charge is 0.291 e. The smallest absolute Gasteiger partial charge is 0.282 e. The molecule has 2 aliphatic rings. The van der Waals surface area contributed by atoms with E-state index in [0.29, 0.717) is 12.8 Å². The van der Waals surface area contributed by atoms with Gasteiger partial charge in [0.25, 0.3) is 10.1 Å². The molecule has 0 aromatic rings. The van der Waals surface area contributed by atoms with Gasteiger partial charge in [0, 0.05) is 5.92 Å². The number of hydrogen-bond acceptors (Lipinski definition) is 2. The highest BCUT2D eigenvalue weighted by Crippen LogP contribution is 2.41. The maximum absolute atomic E-state index is 11.8. The van der Waals surface area contributed by atoms with Gasteiger partial charge in [-0.1, -0.05) is 45.1 Å². The van der Waals surface area contributed by atoms with E-state index in [1.807, 2.05) is 26.8 Å². The van der Waals surface area contributed by atoms with Crippen molar-refractivity contribution in [3.63, 3.8) is 0 Å². The molecule has 0 bridgehead atoms. The Morgan fingerprint density at radius 3 is 2.52 bits per heavy atom. The van der Waals surface area contributed by atoms with Crippen LogP contribution in [0, 0.1) is 11.8 Å². The van der Waals surface area contributed by atoms with E-state index in [1.165, 1.54) is 11.1 Å². The first-order valence-corrected chi connectivity index (χ1v) is 9.05. The fraction of sp³-hybridized carbons (Fsp3) is 0.529. The first-order valence-electron chi connectivity index (χ1n) is 7.61. The highest BCUT2D eigenvalue weighted by atomic mass is 32.2. The van der Waals surface area contributed by atoms with E-state index in [-0.39, 0.29) is 16.7 Å². The molecule has 3 nitrogen and oxygen atoms in total. The summed E-state index contributed by atoms with van der Waals surface area (Å²) >= 11 is 0. The summed E-state index contributed by atoms with van der Waals surface area (Å²) in [6, 6.07) is 0. The van der Waals surface area contributed by atoms with Crippen LogP contribution >= 0.6 is 0 Å². The lowest BCUT2D eigenvalue weighted by atomic mass is 9.79. The molecule has 2 aliphatic carbocycles. The lowest BCUT2D eigenvalue weighted by molar-refractivity contribution is 0.423. The van der Waals surface area contributed by atoms with Crippen LogP contribution in [0.25, 0.3) is 0 Å². The molecule has 0 heterocycles. The molecule has 4 heteroatoms. The van der Waals surface area contributed by atoms with Crippen molar-refractivity contribution in [1.82, 2.24) is 0 Å². The molecule has 0 aliphatic heterocycles. The summed E-state index contributed by atoms with van der Waals surface area (Å²) < 4.78 is 33.2. The van der Waals surface area contributed by atoms with Crippen LogP contribution < -0.4 is 0 Å². The highest BCUT2D eigenvalue weighted by molar-refractivity contribution is 7.89. The van der Waals surface area contributed by atoms with Crippen molar-refractivity contribution < 1.29 is 13.0 Å². The minimum atomic E-state index is -4.13. The van der Waals surface area contributed by atoms with E-state index in [0.717, 1.165) is 18.4 Å². The second-order valence-corrected chi connectivity index (χ2v) is 7.49. The van der Waals surface area contributed by atoms with Gasteiger partial charge < -0.3 is 0 Å². The summed E-state index contributed by atoms with van der Waals surface area (Å²) in [7, 11) is -4.13. The second kappa shape index (κ2) is 6.32. The quantitative estimate of drug-likeness (QED) is 0.782. The van der Waals surface area contributed by atoms with E-state index < -0.39 is 10.1 Å². The minimum Gasteiger partial charge on any atom is -0.282 e. The third-order valence-corrected chi connectivity index (χ3v) is 5.45. The summed E-state index contributed by atoms with van der Waals surface area (Å²) in [5.41, 5.74) is 3.28. The molecule has 0 saturated heterocycles. The van der Waals surface area contributed by atoms with Crippen molar-refractivity contribution >= 4 is 10.1 Å². The third kappa shape index (κ3) is 3.55. The SMILES string of the molecule is CCC1=C(S(=O)(=O)O)C(C(C)C)CC(C2=CC=CCC2)=C1. The van der Waals surface area contributed by atoms with Crippen LogP contribution in [0.2, 0.25) is 0 Å². The molecule has 116 valence electrons. The monoisotopic (exact) mass is 308 g/mol. The lowest BCUT2D eigenvalue weighted by Gasteiger charge is -2.30. The van der Waals surface area contributed by atoms with Crippen molar-refractivity contribution in [2.45, 2.75) is 46.5 Å². The summed E-state index contributed by atoms with van der Waals surface area (Å²) in [6.45, 7) is 5.97. The topological polar surface area (TPSA) is 54.4 Å². The van der Waals surface area contributed by atoms with Crippen LogP contribution in [0.1, 0.15) is 46.5 Å². The van der Waals surface area contributed by atoms with Crippen LogP contribution in [-0.2, 0) is 10.1 Å². The molecular weight excluding hydrogens is 284 g/mol. The van der Waals surface area contributed by atoms with Crippen LogP contribution in [0.4, 0.5) is 0 Å². The van der Waals surface area contributed by atoms with Gasteiger partial charge in [0.05, 0.1) is 4.91 Å². The van der Waals surface area contributed by atoms with Gasteiger partial charge in [0.15, 0.2) is 0 Å². The second-order valence-electron chi connectivity index (χ2n) is 6.10. The van der Waals surface area contributed by atoms with Crippen LogP contribution in [0.15, 0.2) is 45.9 Å². The fourth-order valence-electron chi connectivity index (χ4n) is 3.17. The molecule has 0 saturated carbocycles. The van der Waals surface area contributed by atoms with Crippen molar-refractivity contribution in [2.24, 2.45) is 11.8 Å². The third-order valence-electron chi connectivity index (χ3n) is 4.33. The van der Waals surface area contributed by atoms with Crippen molar-refractivity contribution in [1.29, 1.82) is 0 Å². The zero-order valence-electron chi connectivity index (χ0n) is 13.0. The van der Waals surface area contributed by atoms with Gasteiger partial charge in [0.2, 0.25) is 0 Å². The van der Waals surface area contributed by atoms with Crippen LogP contribution in [0.5, 0.6) is 0 Å². The van der Waals surface area contributed by atoms with Gasteiger partial charge in [-0.05, 0) is 48.3 Å². The minimum absolute atomic E-state index is 0.137.